The third-order valence-electron chi connectivity index (χ3n) is 2.51. The van der Waals surface area contributed by atoms with Crippen molar-refractivity contribution >= 4 is 21.8 Å². The first-order chi connectivity index (χ1) is 6.88. The summed E-state index contributed by atoms with van der Waals surface area (Å²) in [5.41, 5.74) is 2.54. The average molecular weight is 297 g/mol. The van der Waals surface area contributed by atoms with Crippen LogP contribution in [0.1, 0.15) is 0 Å². The van der Waals surface area contributed by atoms with Crippen molar-refractivity contribution in [1.82, 2.24) is -0.420 Å². The van der Waals surface area contributed by atoms with Crippen molar-refractivity contribution in [3.05, 3.63) is 48.5 Å². The molecule has 14 heavy (non-hydrogen) atoms. The summed E-state index contributed by atoms with van der Waals surface area (Å²) in [6, 6.07) is 16.9. The zero-order chi connectivity index (χ0) is 9.54. The van der Waals surface area contributed by atoms with Crippen LogP contribution >= 0.6 is 0 Å². The molecule has 0 aliphatic carbocycles. The van der Waals surface area contributed by atoms with Gasteiger partial charge in [0, 0.05) is 0 Å². The fraction of sp³-hybridized carbons (Fsp3) is 0. The quantitative estimate of drug-likeness (QED) is 0.601. The standard InChI is InChI=1S/C12H8NXe/c14-13-11-7-3-1-5-9(11)10-6-2-4-8-12(10)13/h1-8H. The van der Waals surface area contributed by atoms with E-state index in [1.54, 1.807) is 0 Å². The number of hydrogen-bond donors (Lipinski definition) is 0. The van der Waals surface area contributed by atoms with Gasteiger partial charge in [0.25, 0.3) is 0 Å². The Kier molecular flexibility index (Phi) is 2.22. The van der Waals surface area contributed by atoms with E-state index in [9.17, 15) is 0 Å². The molecule has 0 aliphatic rings. The molecule has 0 bridgehead atoms. The Balaban J connectivity index is 2.69. The third kappa shape index (κ3) is 1.21. The summed E-state index contributed by atoms with van der Waals surface area (Å²) in [5, 5.41) is 2.64. The molecule has 1 heterocycles. The fourth-order valence-corrected chi connectivity index (χ4v) is 2.65. The first kappa shape index (κ1) is 9.07. The van der Waals surface area contributed by atoms with Crippen LogP contribution < -0.4 is 0 Å². The van der Waals surface area contributed by atoms with E-state index in [1.165, 1.54) is 21.8 Å². The van der Waals surface area contributed by atoms with Gasteiger partial charge in [0.2, 0.25) is 0 Å². The zero-order valence-electron chi connectivity index (χ0n) is 7.42. The summed E-state index contributed by atoms with van der Waals surface area (Å²) < 4.78 is 2.17. The molecule has 3 rings (SSSR count). The van der Waals surface area contributed by atoms with Crippen LogP contribution in [0, 0.1) is 47.0 Å². The van der Waals surface area contributed by atoms with Crippen LogP contribution in [0.25, 0.3) is 21.8 Å². The van der Waals surface area contributed by atoms with Gasteiger partial charge >= 0.3 is 117 Å². The number of hydrogen-bond acceptors (Lipinski definition) is 0. The monoisotopic (exact) mass is 298 g/mol. The minimum absolute atomic E-state index is 1.27. The van der Waals surface area contributed by atoms with Crippen molar-refractivity contribution in [3.63, 3.8) is 0 Å². The molecule has 2 heteroatoms. The van der Waals surface area contributed by atoms with Crippen LogP contribution in [0.15, 0.2) is 48.5 Å². The summed E-state index contributed by atoms with van der Waals surface area (Å²) in [4.78, 5) is 0. The normalized spacial score (nSPS) is 11.2. The zero-order valence-corrected chi connectivity index (χ0v) is 9.44. The van der Waals surface area contributed by atoms with Crippen molar-refractivity contribution in [2.24, 2.45) is 0 Å². The molecular formula is C12H8NXe. The van der Waals surface area contributed by atoms with Gasteiger partial charge in [0.15, 0.2) is 0 Å². The van der Waals surface area contributed by atoms with Crippen molar-refractivity contribution in [2.75, 3.05) is 0 Å². The Morgan fingerprint density at radius 2 is 1.14 bits per heavy atom. The van der Waals surface area contributed by atoms with Gasteiger partial charge in [0.1, 0.15) is 0 Å². The third-order valence-corrected chi connectivity index (χ3v) is 3.48. The molecule has 3 aromatic rings. The van der Waals surface area contributed by atoms with E-state index in [-0.39, 0.29) is 0 Å². The Hall–Kier alpha value is -0.189. The molecule has 0 amide bonds. The number of aromatic nitrogens is 1. The van der Waals surface area contributed by atoms with Gasteiger partial charge in [0.05, 0.1) is 0 Å². The SMILES string of the molecule is [Xe]n1c2ccccc2c2ccccc21. The molecule has 0 aliphatic heterocycles. The number of rotatable bonds is 0. The van der Waals surface area contributed by atoms with E-state index in [1.807, 2.05) is 0 Å². The van der Waals surface area contributed by atoms with Crippen LogP contribution in [0.3, 0.4) is 0 Å². The molecule has 0 saturated carbocycles. The molecule has 69 valence electrons. The molecule has 0 unspecified atom stereocenters. The summed E-state index contributed by atoms with van der Waals surface area (Å²) in [6.07, 6.45) is 0. The summed E-state index contributed by atoms with van der Waals surface area (Å²) in [6.45, 7) is 0. The minimum atomic E-state index is 1.27. The predicted molar refractivity (Wildman–Crippen MR) is 54.8 cm³/mol. The summed E-state index contributed by atoms with van der Waals surface area (Å²) in [7, 11) is 0. The van der Waals surface area contributed by atoms with E-state index >= 15 is 0 Å². The molecule has 2 aromatic carbocycles. The van der Waals surface area contributed by atoms with Gasteiger partial charge in [-0.1, -0.05) is 0 Å². The molecule has 1 radical (unpaired) electrons. The van der Waals surface area contributed by atoms with Crippen LogP contribution in [0.2, 0.25) is 0 Å². The van der Waals surface area contributed by atoms with Crippen molar-refractivity contribution in [3.8, 4) is 0 Å². The number of fused-ring (bicyclic) bond motifs is 3. The summed E-state index contributed by atoms with van der Waals surface area (Å²) in [5.74, 6) is 0. The molecule has 0 fully saturated rings. The van der Waals surface area contributed by atoms with E-state index in [0.717, 1.165) is 0 Å². The fourth-order valence-electron chi connectivity index (χ4n) is 1.87. The van der Waals surface area contributed by atoms with Gasteiger partial charge in [-0.05, 0) is 0 Å². The Morgan fingerprint density at radius 3 is 1.64 bits per heavy atom. The van der Waals surface area contributed by atoms with Gasteiger partial charge in [-0.25, -0.2) is 0 Å². The van der Waals surface area contributed by atoms with E-state index in [2.05, 4.69) is 95.1 Å². The number of para-hydroxylation sites is 2. The molecular weight excluding hydrogens is 289 g/mol. The number of benzene rings is 2. The average Bonchev–Trinajstić information content (AvgIpc) is 2.55. The van der Waals surface area contributed by atoms with Gasteiger partial charge < -0.3 is 0 Å². The maximum atomic E-state index is 2.66. The second kappa shape index (κ2) is 3.43. The molecule has 0 saturated heterocycles. The molecule has 0 atom stereocenters. The van der Waals surface area contributed by atoms with Crippen molar-refractivity contribution < 1.29 is 47.0 Å². The van der Waals surface area contributed by atoms with Gasteiger partial charge in [-0.3, -0.25) is 0 Å². The summed E-state index contributed by atoms with van der Waals surface area (Å²) >= 11 is 2.66. The number of nitrogens with zero attached hydrogens (tertiary/aromatic N) is 1. The first-order valence-electron chi connectivity index (χ1n) is 4.51. The maximum absolute atomic E-state index is 2.66. The molecule has 0 N–H and O–H groups in total. The Bertz CT molecular complexity index is 557. The van der Waals surface area contributed by atoms with Gasteiger partial charge in [-0.2, -0.15) is 0 Å². The van der Waals surface area contributed by atoms with Crippen LogP contribution in [-0.4, -0.2) is -0.420 Å². The van der Waals surface area contributed by atoms with Crippen LogP contribution in [0.5, 0.6) is 0 Å². The predicted octanol–water partition coefficient (Wildman–Crippen LogP) is 3.11. The molecule has 1 aromatic heterocycles. The second-order valence-electron chi connectivity index (χ2n) is 3.30. The molecule has 1 nitrogen and oxygen atoms in total. The van der Waals surface area contributed by atoms with Gasteiger partial charge in [-0.15, -0.1) is 0 Å². The molecule has 0 spiro atoms. The Labute approximate surface area is 115 Å². The first-order valence-corrected chi connectivity index (χ1v) is 5.41. The topological polar surface area (TPSA) is 4.93 Å². The van der Waals surface area contributed by atoms with Crippen LogP contribution in [-0.2, 0) is 0 Å². The van der Waals surface area contributed by atoms with Crippen molar-refractivity contribution in [1.29, 1.82) is 0 Å². The van der Waals surface area contributed by atoms with E-state index < -0.39 is 0 Å². The van der Waals surface area contributed by atoms with E-state index in [0.29, 0.717) is 0 Å². The van der Waals surface area contributed by atoms with Crippen LogP contribution in [0.4, 0.5) is 0 Å². The van der Waals surface area contributed by atoms with Crippen molar-refractivity contribution in [2.45, 2.75) is 0 Å². The van der Waals surface area contributed by atoms with E-state index in [4.69, 9.17) is 0 Å². The second-order valence-corrected chi connectivity index (χ2v) is 4.21. The Morgan fingerprint density at radius 1 is 0.714 bits per heavy atom.